The van der Waals surface area contributed by atoms with E-state index in [-0.39, 0.29) is 6.10 Å². The van der Waals surface area contributed by atoms with Gasteiger partial charge in [-0.15, -0.1) is 11.3 Å². The molecule has 0 spiro atoms. The second kappa shape index (κ2) is 5.94. The Labute approximate surface area is 120 Å². The maximum absolute atomic E-state index is 10.1. The van der Waals surface area contributed by atoms with Gasteiger partial charge < -0.3 is 10.4 Å². The molecule has 3 rings (SSSR count). The lowest BCUT2D eigenvalue weighted by atomic mass is 9.92. The molecule has 3 unspecified atom stereocenters. The van der Waals surface area contributed by atoms with Crippen LogP contribution < -0.4 is 5.32 Å². The predicted molar refractivity (Wildman–Crippen MR) is 80.8 cm³/mol. The third-order valence-corrected chi connectivity index (χ3v) is 6.06. The van der Waals surface area contributed by atoms with Crippen LogP contribution in [-0.2, 0) is 12.8 Å². The van der Waals surface area contributed by atoms with Crippen LogP contribution in [0.15, 0.2) is 6.07 Å². The average molecular weight is 279 g/mol. The molecule has 1 heterocycles. The van der Waals surface area contributed by atoms with Crippen molar-refractivity contribution >= 4 is 11.3 Å². The Morgan fingerprint density at radius 3 is 2.79 bits per heavy atom. The van der Waals surface area contributed by atoms with Crippen molar-refractivity contribution in [2.24, 2.45) is 0 Å². The zero-order chi connectivity index (χ0) is 13.2. The topological polar surface area (TPSA) is 32.3 Å². The number of rotatable bonds is 3. The molecule has 2 N–H and O–H groups in total. The molecule has 0 aliphatic heterocycles. The second-order valence-corrected chi connectivity index (χ2v) is 7.32. The van der Waals surface area contributed by atoms with Gasteiger partial charge in [0.1, 0.15) is 0 Å². The summed E-state index contributed by atoms with van der Waals surface area (Å²) in [4.78, 5) is 3.07. The average Bonchev–Trinajstić information content (AvgIpc) is 2.85. The number of nitrogens with one attached hydrogen (secondary N) is 1. The van der Waals surface area contributed by atoms with Crippen LogP contribution in [0.3, 0.4) is 0 Å². The first-order valence-corrected chi connectivity index (χ1v) is 8.61. The summed E-state index contributed by atoms with van der Waals surface area (Å²) >= 11 is 1.99. The van der Waals surface area contributed by atoms with E-state index in [0.717, 1.165) is 12.8 Å². The lowest BCUT2D eigenvalue weighted by molar-refractivity contribution is 0.0862. The third kappa shape index (κ3) is 3.04. The highest BCUT2D eigenvalue weighted by Gasteiger charge is 2.25. The number of thiophene rings is 1. The molecule has 2 aliphatic carbocycles. The lowest BCUT2D eigenvalue weighted by Crippen LogP contribution is -2.42. The van der Waals surface area contributed by atoms with E-state index in [1.54, 1.807) is 10.4 Å². The van der Waals surface area contributed by atoms with E-state index in [1.165, 1.54) is 43.4 Å². The highest BCUT2D eigenvalue weighted by molar-refractivity contribution is 7.12. The van der Waals surface area contributed by atoms with Crippen molar-refractivity contribution in [3.8, 4) is 0 Å². The smallest absolute Gasteiger partial charge is 0.0693 e. The molecule has 106 valence electrons. The summed E-state index contributed by atoms with van der Waals surface area (Å²) in [6, 6.07) is 3.09. The molecule has 2 aliphatic rings. The summed E-state index contributed by atoms with van der Waals surface area (Å²) in [6.07, 6.45) is 9.63. The van der Waals surface area contributed by atoms with E-state index in [2.05, 4.69) is 18.3 Å². The van der Waals surface area contributed by atoms with Gasteiger partial charge in [-0.2, -0.15) is 0 Å². The molecule has 3 heteroatoms. The summed E-state index contributed by atoms with van der Waals surface area (Å²) in [5.74, 6) is 0. The maximum atomic E-state index is 10.1. The van der Waals surface area contributed by atoms with Gasteiger partial charge in [-0.3, -0.25) is 0 Å². The van der Waals surface area contributed by atoms with Crippen molar-refractivity contribution in [3.63, 3.8) is 0 Å². The van der Waals surface area contributed by atoms with Gasteiger partial charge in [0.2, 0.25) is 0 Å². The molecule has 1 saturated carbocycles. The fraction of sp³-hybridized carbons (Fsp3) is 0.750. The standard InChI is InChI=1S/C16H25NOS/c1-11(17-13-7-3-4-8-14(13)18)16-10-12-6-2-5-9-15(12)19-16/h10-11,13-14,17-18H,2-9H2,1H3. The summed E-state index contributed by atoms with van der Waals surface area (Å²) in [7, 11) is 0. The largest absolute Gasteiger partial charge is 0.392 e. The molecule has 2 nitrogen and oxygen atoms in total. The molecule has 0 radical (unpaired) electrons. The molecule has 0 bridgehead atoms. The van der Waals surface area contributed by atoms with Crippen LogP contribution in [0.2, 0.25) is 0 Å². The van der Waals surface area contributed by atoms with Crippen molar-refractivity contribution < 1.29 is 5.11 Å². The monoisotopic (exact) mass is 279 g/mol. The van der Waals surface area contributed by atoms with Crippen LogP contribution in [0.1, 0.15) is 66.8 Å². The van der Waals surface area contributed by atoms with Gasteiger partial charge in [0.25, 0.3) is 0 Å². The van der Waals surface area contributed by atoms with E-state index in [0.29, 0.717) is 12.1 Å². The molecule has 19 heavy (non-hydrogen) atoms. The van der Waals surface area contributed by atoms with Crippen LogP contribution in [0, 0.1) is 0 Å². The molecule has 1 fully saturated rings. The van der Waals surface area contributed by atoms with Crippen molar-refractivity contribution in [3.05, 3.63) is 21.4 Å². The Kier molecular flexibility index (Phi) is 4.25. The zero-order valence-electron chi connectivity index (χ0n) is 11.8. The Morgan fingerprint density at radius 2 is 2.00 bits per heavy atom. The van der Waals surface area contributed by atoms with Crippen LogP contribution in [0.4, 0.5) is 0 Å². The second-order valence-electron chi connectivity index (χ2n) is 6.15. The van der Waals surface area contributed by atoms with Gasteiger partial charge in [-0.25, -0.2) is 0 Å². The highest BCUT2D eigenvalue weighted by atomic mass is 32.1. The van der Waals surface area contributed by atoms with Gasteiger partial charge in [0, 0.05) is 21.8 Å². The van der Waals surface area contributed by atoms with Crippen LogP contribution >= 0.6 is 11.3 Å². The number of aryl methyl sites for hydroxylation is 2. The molecule has 0 saturated heterocycles. The highest BCUT2D eigenvalue weighted by Crippen LogP contribution is 2.33. The first kappa shape index (κ1) is 13.6. The molecular formula is C16H25NOS. The normalized spacial score (nSPS) is 28.9. The number of aliphatic hydroxyl groups excluding tert-OH is 1. The fourth-order valence-electron chi connectivity index (χ4n) is 3.44. The zero-order valence-corrected chi connectivity index (χ0v) is 12.6. The van der Waals surface area contributed by atoms with E-state index < -0.39 is 0 Å². The summed E-state index contributed by atoms with van der Waals surface area (Å²) in [6.45, 7) is 2.25. The van der Waals surface area contributed by atoms with Crippen molar-refractivity contribution in [1.29, 1.82) is 0 Å². The van der Waals surface area contributed by atoms with E-state index in [9.17, 15) is 5.11 Å². The van der Waals surface area contributed by atoms with Gasteiger partial charge >= 0.3 is 0 Å². The number of hydrogen-bond donors (Lipinski definition) is 2. The number of aliphatic hydroxyl groups is 1. The van der Waals surface area contributed by atoms with Crippen LogP contribution in [-0.4, -0.2) is 17.3 Å². The summed E-state index contributed by atoms with van der Waals surface area (Å²) in [5.41, 5.74) is 1.59. The maximum Gasteiger partial charge on any atom is 0.0693 e. The van der Waals surface area contributed by atoms with Crippen molar-refractivity contribution in [1.82, 2.24) is 5.32 Å². The summed E-state index contributed by atoms with van der Waals surface area (Å²) in [5, 5.41) is 13.7. The van der Waals surface area contributed by atoms with E-state index >= 15 is 0 Å². The van der Waals surface area contributed by atoms with Gasteiger partial charge in [-0.05, 0) is 57.1 Å². The quantitative estimate of drug-likeness (QED) is 0.886. The number of hydrogen-bond acceptors (Lipinski definition) is 3. The SMILES string of the molecule is CC(NC1CCCCC1O)c1cc2c(s1)CCCC2. The Bertz CT molecular complexity index is 405. The Hall–Kier alpha value is -0.380. The van der Waals surface area contributed by atoms with E-state index in [1.807, 2.05) is 11.3 Å². The summed E-state index contributed by atoms with van der Waals surface area (Å²) < 4.78 is 0. The first-order chi connectivity index (χ1) is 9.24. The molecular weight excluding hydrogens is 254 g/mol. The third-order valence-electron chi connectivity index (χ3n) is 4.64. The Balaban J connectivity index is 1.66. The van der Waals surface area contributed by atoms with E-state index in [4.69, 9.17) is 0 Å². The van der Waals surface area contributed by atoms with Crippen molar-refractivity contribution in [2.45, 2.75) is 76.5 Å². The molecule has 3 atom stereocenters. The number of fused-ring (bicyclic) bond motifs is 1. The lowest BCUT2D eigenvalue weighted by Gasteiger charge is -2.30. The minimum Gasteiger partial charge on any atom is -0.392 e. The van der Waals surface area contributed by atoms with Gasteiger partial charge in [0.15, 0.2) is 0 Å². The molecule has 0 amide bonds. The fourth-order valence-corrected chi connectivity index (χ4v) is 4.71. The minimum atomic E-state index is -0.147. The molecule has 0 aromatic carbocycles. The molecule has 1 aromatic heterocycles. The van der Waals surface area contributed by atoms with Gasteiger partial charge in [-0.1, -0.05) is 12.8 Å². The Morgan fingerprint density at radius 1 is 1.21 bits per heavy atom. The van der Waals surface area contributed by atoms with Crippen LogP contribution in [0.5, 0.6) is 0 Å². The first-order valence-electron chi connectivity index (χ1n) is 7.79. The molecule has 1 aromatic rings. The minimum absolute atomic E-state index is 0.147. The van der Waals surface area contributed by atoms with Crippen molar-refractivity contribution in [2.75, 3.05) is 0 Å². The predicted octanol–water partition coefficient (Wildman–Crippen LogP) is 3.58. The van der Waals surface area contributed by atoms with Gasteiger partial charge in [0.05, 0.1) is 6.10 Å². The van der Waals surface area contributed by atoms with Crippen LogP contribution in [0.25, 0.3) is 0 Å².